The Bertz CT molecular complexity index is 932. The number of likely N-dealkylation sites (tertiary alicyclic amines) is 1. The van der Waals surface area contributed by atoms with Crippen LogP contribution in [0.3, 0.4) is 0 Å². The number of hydrogen-bond acceptors (Lipinski definition) is 4. The van der Waals surface area contributed by atoms with Gasteiger partial charge in [0.05, 0.1) is 5.56 Å². The van der Waals surface area contributed by atoms with Gasteiger partial charge in [-0.25, -0.2) is 9.78 Å². The summed E-state index contributed by atoms with van der Waals surface area (Å²) in [6.45, 7) is 2.48. The van der Waals surface area contributed by atoms with Crippen LogP contribution < -0.4 is 5.32 Å². The minimum atomic E-state index is -4.47. The molecule has 1 aliphatic heterocycles. The lowest BCUT2D eigenvalue weighted by Gasteiger charge is -2.30. The van der Waals surface area contributed by atoms with Crippen LogP contribution in [0.25, 0.3) is 0 Å². The minimum Gasteiger partial charge on any atom is -0.445 e. The first-order chi connectivity index (χ1) is 14.1. The van der Waals surface area contributed by atoms with Crippen LogP contribution in [0.5, 0.6) is 0 Å². The molecular weight excluding hydrogens is 401 g/mol. The fraction of sp³-hybridized carbons (Fsp3) is 0.450. The molecule has 30 heavy (non-hydrogen) atoms. The molecule has 0 unspecified atom stereocenters. The molecule has 0 bridgehead atoms. The highest BCUT2D eigenvalue weighted by Gasteiger charge is 2.31. The molecule has 1 aromatic heterocycles. The molecule has 1 N–H and O–H groups in total. The van der Waals surface area contributed by atoms with Crippen LogP contribution in [-0.4, -0.2) is 53.9 Å². The molecule has 1 fully saturated rings. The molecule has 3 rings (SSSR count). The van der Waals surface area contributed by atoms with Crippen molar-refractivity contribution >= 4 is 17.6 Å². The average Bonchev–Trinajstić information content (AvgIpc) is 3.08. The third-order valence-corrected chi connectivity index (χ3v) is 4.99. The van der Waals surface area contributed by atoms with E-state index in [0.29, 0.717) is 37.6 Å². The fourth-order valence-corrected chi connectivity index (χ4v) is 3.31. The fourth-order valence-electron chi connectivity index (χ4n) is 3.31. The summed E-state index contributed by atoms with van der Waals surface area (Å²) in [6.07, 6.45) is -3.32. The molecule has 1 aromatic carbocycles. The molecule has 10 heteroatoms. The summed E-state index contributed by atoms with van der Waals surface area (Å²) < 4.78 is 44.2. The average molecular weight is 424 g/mol. The SMILES string of the molecule is Cc1oc(C2CCN(C(=O)Nc3cccc(C(F)(F)F)c3)CC2)nc1C(=O)N(C)C. The molecule has 0 saturated carbocycles. The van der Waals surface area contributed by atoms with Crippen molar-refractivity contribution in [2.75, 3.05) is 32.5 Å². The Kier molecular flexibility index (Phi) is 6.04. The zero-order chi connectivity index (χ0) is 22.1. The van der Waals surface area contributed by atoms with Crippen molar-refractivity contribution in [1.82, 2.24) is 14.8 Å². The van der Waals surface area contributed by atoms with Crippen LogP contribution in [0.4, 0.5) is 23.7 Å². The van der Waals surface area contributed by atoms with Gasteiger partial charge < -0.3 is 19.5 Å². The number of amides is 3. The van der Waals surface area contributed by atoms with Crippen LogP contribution in [0, 0.1) is 6.92 Å². The van der Waals surface area contributed by atoms with Crippen molar-refractivity contribution in [2.24, 2.45) is 0 Å². The van der Waals surface area contributed by atoms with E-state index >= 15 is 0 Å². The number of aryl methyl sites for hydroxylation is 1. The van der Waals surface area contributed by atoms with Crippen molar-refractivity contribution in [2.45, 2.75) is 31.9 Å². The summed E-state index contributed by atoms with van der Waals surface area (Å²) >= 11 is 0. The molecule has 0 spiro atoms. The van der Waals surface area contributed by atoms with E-state index in [9.17, 15) is 22.8 Å². The number of halogens is 3. The molecule has 0 atom stereocenters. The number of anilines is 1. The van der Waals surface area contributed by atoms with Gasteiger partial charge in [-0.2, -0.15) is 13.2 Å². The van der Waals surface area contributed by atoms with Crippen LogP contribution in [0.2, 0.25) is 0 Å². The van der Waals surface area contributed by atoms with E-state index < -0.39 is 17.8 Å². The number of benzene rings is 1. The van der Waals surface area contributed by atoms with Crippen LogP contribution in [0.15, 0.2) is 28.7 Å². The van der Waals surface area contributed by atoms with E-state index in [-0.39, 0.29) is 23.2 Å². The number of urea groups is 1. The molecule has 1 saturated heterocycles. The van der Waals surface area contributed by atoms with Gasteiger partial charge >= 0.3 is 12.2 Å². The second kappa shape index (κ2) is 8.37. The zero-order valence-electron chi connectivity index (χ0n) is 16.9. The summed E-state index contributed by atoms with van der Waals surface area (Å²) in [7, 11) is 3.27. The number of aromatic nitrogens is 1. The first kappa shape index (κ1) is 21.7. The van der Waals surface area contributed by atoms with Gasteiger partial charge in [0.1, 0.15) is 5.76 Å². The summed E-state index contributed by atoms with van der Waals surface area (Å²) in [5.41, 5.74) is -0.451. The second-order valence-corrected chi connectivity index (χ2v) is 7.43. The molecule has 0 aliphatic carbocycles. The van der Waals surface area contributed by atoms with Crippen LogP contribution in [0.1, 0.15) is 46.5 Å². The number of alkyl halides is 3. The van der Waals surface area contributed by atoms with Gasteiger partial charge in [0.15, 0.2) is 11.6 Å². The third-order valence-electron chi connectivity index (χ3n) is 4.99. The minimum absolute atomic E-state index is 0.0370. The maximum atomic E-state index is 12.8. The van der Waals surface area contributed by atoms with Gasteiger partial charge in [-0.05, 0) is 38.0 Å². The van der Waals surface area contributed by atoms with E-state index in [1.54, 1.807) is 25.9 Å². The van der Waals surface area contributed by atoms with Gasteiger partial charge in [-0.15, -0.1) is 0 Å². The number of nitrogens with zero attached hydrogens (tertiary/aromatic N) is 3. The highest BCUT2D eigenvalue weighted by atomic mass is 19.4. The van der Waals surface area contributed by atoms with Gasteiger partial charge in [0, 0.05) is 38.8 Å². The zero-order valence-corrected chi connectivity index (χ0v) is 16.9. The molecule has 0 radical (unpaired) electrons. The van der Waals surface area contributed by atoms with Crippen molar-refractivity contribution in [1.29, 1.82) is 0 Å². The van der Waals surface area contributed by atoms with E-state index in [0.717, 1.165) is 12.1 Å². The molecule has 162 valence electrons. The van der Waals surface area contributed by atoms with Gasteiger partial charge in [-0.3, -0.25) is 4.79 Å². The lowest BCUT2D eigenvalue weighted by atomic mass is 9.97. The first-order valence-electron chi connectivity index (χ1n) is 9.48. The number of carbonyl (C=O) groups excluding carboxylic acids is 2. The summed E-state index contributed by atoms with van der Waals surface area (Å²) in [4.78, 5) is 31.9. The predicted octanol–water partition coefficient (Wildman–Crippen LogP) is 4.12. The smallest absolute Gasteiger partial charge is 0.416 e. The van der Waals surface area contributed by atoms with E-state index in [4.69, 9.17) is 4.42 Å². The Morgan fingerprint density at radius 3 is 2.50 bits per heavy atom. The van der Waals surface area contributed by atoms with Crippen molar-refractivity contribution in [3.63, 3.8) is 0 Å². The summed E-state index contributed by atoms with van der Waals surface area (Å²) in [6, 6.07) is 4.07. The van der Waals surface area contributed by atoms with Crippen molar-refractivity contribution < 1.29 is 27.2 Å². The van der Waals surface area contributed by atoms with E-state index in [2.05, 4.69) is 10.3 Å². The Balaban J connectivity index is 1.60. The first-order valence-corrected chi connectivity index (χ1v) is 9.48. The van der Waals surface area contributed by atoms with Gasteiger partial charge in [0.2, 0.25) is 0 Å². The van der Waals surface area contributed by atoms with Gasteiger partial charge in [-0.1, -0.05) is 6.07 Å². The summed E-state index contributed by atoms with van der Waals surface area (Å²) in [5, 5.41) is 2.52. The molecule has 1 aliphatic rings. The molecular formula is C20H23F3N4O3. The Morgan fingerprint density at radius 2 is 1.90 bits per heavy atom. The Hall–Kier alpha value is -3.04. The predicted molar refractivity (Wildman–Crippen MR) is 103 cm³/mol. The number of nitrogens with one attached hydrogen (secondary N) is 1. The molecule has 2 aromatic rings. The largest absolute Gasteiger partial charge is 0.445 e. The molecule has 2 heterocycles. The van der Waals surface area contributed by atoms with Crippen LogP contribution in [-0.2, 0) is 6.18 Å². The van der Waals surface area contributed by atoms with Gasteiger partial charge in [0.25, 0.3) is 5.91 Å². The lowest BCUT2D eigenvalue weighted by molar-refractivity contribution is -0.137. The number of piperidine rings is 1. The third kappa shape index (κ3) is 4.74. The standard InChI is InChI=1S/C20H23F3N4O3/c1-12-16(18(28)26(2)3)25-17(30-12)13-7-9-27(10-8-13)19(29)24-15-6-4-5-14(11-15)20(21,22)23/h4-6,11,13H,7-10H2,1-3H3,(H,24,29). The second-order valence-electron chi connectivity index (χ2n) is 7.43. The van der Waals surface area contributed by atoms with Crippen molar-refractivity contribution in [3.8, 4) is 0 Å². The summed E-state index contributed by atoms with van der Waals surface area (Å²) in [5.74, 6) is 0.648. The van der Waals surface area contributed by atoms with Crippen LogP contribution >= 0.6 is 0 Å². The normalized spacial score (nSPS) is 15.2. The highest BCUT2D eigenvalue weighted by molar-refractivity contribution is 5.92. The maximum Gasteiger partial charge on any atom is 0.416 e. The number of hydrogen-bond donors (Lipinski definition) is 1. The number of rotatable bonds is 3. The number of carbonyl (C=O) groups is 2. The topological polar surface area (TPSA) is 78.7 Å². The van der Waals surface area contributed by atoms with E-state index in [1.165, 1.54) is 17.0 Å². The lowest BCUT2D eigenvalue weighted by Crippen LogP contribution is -2.40. The molecule has 3 amide bonds. The highest BCUT2D eigenvalue weighted by Crippen LogP contribution is 2.32. The molecule has 7 nitrogen and oxygen atoms in total. The number of oxazole rings is 1. The van der Waals surface area contributed by atoms with E-state index in [1.807, 2.05) is 0 Å². The monoisotopic (exact) mass is 424 g/mol. The Labute approximate surface area is 171 Å². The quantitative estimate of drug-likeness (QED) is 0.804. The van der Waals surface area contributed by atoms with Crippen molar-refractivity contribution in [3.05, 3.63) is 47.2 Å². The Morgan fingerprint density at radius 1 is 1.23 bits per heavy atom. The maximum absolute atomic E-state index is 12.8.